The van der Waals surface area contributed by atoms with Gasteiger partial charge < -0.3 is 9.47 Å². The number of anilines is 1. The Morgan fingerprint density at radius 3 is 2.15 bits per heavy atom. The first-order valence-corrected chi connectivity index (χ1v) is 12.5. The summed E-state index contributed by atoms with van der Waals surface area (Å²) in [6.07, 6.45) is 1.94. The van der Waals surface area contributed by atoms with Crippen LogP contribution in [0.3, 0.4) is 0 Å². The van der Waals surface area contributed by atoms with Crippen molar-refractivity contribution in [2.75, 3.05) is 12.0 Å². The molecule has 202 valence electrons. The van der Waals surface area contributed by atoms with Crippen LogP contribution in [0.5, 0.6) is 5.75 Å². The third-order valence-electron chi connectivity index (χ3n) is 6.11. The van der Waals surface area contributed by atoms with Gasteiger partial charge in [-0.05, 0) is 63.9 Å². The third-order valence-corrected chi connectivity index (χ3v) is 6.11. The summed E-state index contributed by atoms with van der Waals surface area (Å²) in [7, 11) is 1.33. The first-order chi connectivity index (χ1) is 18.5. The number of aromatic nitrogens is 1. The molecule has 0 unspecified atom stereocenters. The monoisotopic (exact) mass is 532 g/mol. The SMILES string of the molecule is COC(=O)c1ccc2c(N(Cc3ccc(-c4ccc(OC(F)F)cc4)cc3)C(=O)CC(C)(C)C)nccc2c1. The number of carbonyl (C=O) groups excluding carboxylic acids is 2. The highest BCUT2D eigenvalue weighted by molar-refractivity contribution is 6.04. The van der Waals surface area contributed by atoms with Gasteiger partial charge in [-0.25, -0.2) is 9.78 Å². The number of carbonyl (C=O) groups is 2. The van der Waals surface area contributed by atoms with Crippen molar-refractivity contribution in [3.8, 4) is 16.9 Å². The molecule has 4 aromatic rings. The van der Waals surface area contributed by atoms with Gasteiger partial charge in [0.15, 0.2) is 0 Å². The lowest BCUT2D eigenvalue weighted by atomic mass is 9.91. The van der Waals surface area contributed by atoms with E-state index in [2.05, 4.69) is 9.72 Å². The van der Waals surface area contributed by atoms with Crippen LogP contribution in [0, 0.1) is 5.41 Å². The van der Waals surface area contributed by atoms with E-state index in [0.717, 1.165) is 27.5 Å². The summed E-state index contributed by atoms with van der Waals surface area (Å²) in [6.45, 7) is 3.45. The standard InChI is InChI=1S/C31H30F2N2O4/c1-31(2,3)18-27(36)35(28-26-14-11-24(29(37)38-4)17-23(26)15-16-34-28)19-20-5-7-21(8-6-20)22-9-12-25(13-10-22)39-30(32)33/h5-17,30H,18-19H2,1-4H3. The van der Waals surface area contributed by atoms with E-state index in [0.29, 0.717) is 24.3 Å². The molecule has 39 heavy (non-hydrogen) atoms. The molecule has 0 saturated carbocycles. The van der Waals surface area contributed by atoms with E-state index in [9.17, 15) is 18.4 Å². The fourth-order valence-electron chi connectivity index (χ4n) is 4.27. The molecule has 1 heterocycles. The average Bonchev–Trinajstić information content (AvgIpc) is 2.90. The lowest BCUT2D eigenvalue weighted by Crippen LogP contribution is -2.34. The van der Waals surface area contributed by atoms with Crippen molar-refractivity contribution >= 4 is 28.5 Å². The van der Waals surface area contributed by atoms with E-state index in [-0.39, 0.29) is 17.1 Å². The molecule has 6 nitrogen and oxygen atoms in total. The zero-order valence-corrected chi connectivity index (χ0v) is 22.3. The number of hydrogen-bond acceptors (Lipinski definition) is 5. The highest BCUT2D eigenvalue weighted by atomic mass is 19.3. The number of amides is 1. The number of methoxy groups -OCH3 is 1. The molecule has 0 spiro atoms. The lowest BCUT2D eigenvalue weighted by Gasteiger charge is -2.27. The van der Waals surface area contributed by atoms with Gasteiger partial charge in [0, 0.05) is 18.0 Å². The van der Waals surface area contributed by atoms with E-state index in [4.69, 9.17) is 4.74 Å². The van der Waals surface area contributed by atoms with Crippen LogP contribution in [-0.2, 0) is 16.1 Å². The van der Waals surface area contributed by atoms with E-state index in [1.165, 1.54) is 19.2 Å². The number of fused-ring (bicyclic) bond motifs is 1. The van der Waals surface area contributed by atoms with Crippen LogP contribution >= 0.6 is 0 Å². The van der Waals surface area contributed by atoms with Gasteiger partial charge in [-0.1, -0.05) is 57.2 Å². The maximum Gasteiger partial charge on any atom is 0.387 e. The predicted octanol–water partition coefficient (Wildman–Crippen LogP) is 7.26. The van der Waals surface area contributed by atoms with Crippen LogP contribution in [0.4, 0.5) is 14.6 Å². The smallest absolute Gasteiger partial charge is 0.387 e. The van der Waals surface area contributed by atoms with E-state index < -0.39 is 12.6 Å². The van der Waals surface area contributed by atoms with Crippen LogP contribution in [0.25, 0.3) is 21.9 Å². The fourth-order valence-corrected chi connectivity index (χ4v) is 4.27. The highest BCUT2D eigenvalue weighted by Gasteiger charge is 2.25. The minimum atomic E-state index is -2.87. The van der Waals surface area contributed by atoms with E-state index in [1.54, 1.807) is 47.5 Å². The summed E-state index contributed by atoms with van der Waals surface area (Å²) in [4.78, 5) is 31.8. The van der Waals surface area contributed by atoms with Crippen LogP contribution in [0.15, 0.2) is 79.0 Å². The molecule has 0 bridgehead atoms. The number of hydrogen-bond donors (Lipinski definition) is 0. The number of rotatable bonds is 8. The van der Waals surface area contributed by atoms with Crippen molar-refractivity contribution in [2.24, 2.45) is 5.41 Å². The third kappa shape index (κ3) is 6.96. The molecule has 0 radical (unpaired) electrons. The topological polar surface area (TPSA) is 68.7 Å². The Labute approximate surface area is 226 Å². The van der Waals surface area contributed by atoms with Crippen molar-refractivity contribution in [3.63, 3.8) is 0 Å². The molecule has 8 heteroatoms. The van der Waals surface area contributed by atoms with Gasteiger partial charge in [0.25, 0.3) is 0 Å². The van der Waals surface area contributed by atoms with Crippen molar-refractivity contribution in [2.45, 2.75) is 40.3 Å². The predicted molar refractivity (Wildman–Crippen MR) is 147 cm³/mol. The van der Waals surface area contributed by atoms with Crippen LogP contribution in [-0.4, -0.2) is 30.6 Å². The largest absolute Gasteiger partial charge is 0.465 e. The first-order valence-electron chi connectivity index (χ1n) is 12.5. The van der Waals surface area contributed by atoms with Gasteiger partial charge >= 0.3 is 12.6 Å². The van der Waals surface area contributed by atoms with Gasteiger partial charge in [-0.2, -0.15) is 8.78 Å². The van der Waals surface area contributed by atoms with E-state index >= 15 is 0 Å². The number of alkyl halides is 2. The lowest BCUT2D eigenvalue weighted by molar-refractivity contribution is -0.120. The van der Waals surface area contributed by atoms with Crippen molar-refractivity contribution in [1.29, 1.82) is 0 Å². The zero-order valence-electron chi connectivity index (χ0n) is 22.3. The Morgan fingerprint density at radius 2 is 1.56 bits per heavy atom. The van der Waals surface area contributed by atoms with Gasteiger partial charge in [-0.15, -0.1) is 0 Å². The summed E-state index contributed by atoms with van der Waals surface area (Å²) in [5, 5.41) is 1.52. The average molecular weight is 533 g/mol. The summed E-state index contributed by atoms with van der Waals surface area (Å²) in [5.41, 5.74) is 2.82. The van der Waals surface area contributed by atoms with Crippen LogP contribution in [0.1, 0.15) is 43.1 Å². The highest BCUT2D eigenvalue weighted by Crippen LogP contribution is 2.30. The Kier molecular flexibility index (Phi) is 8.24. The van der Waals surface area contributed by atoms with Crippen molar-refractivity contribution < 1.29 is 27.8 Å². The minimum absolute atomic E-state index is 0.0711. The summed E-state index contributed by atoms with van der Waals surface area (Å²) >= 11 is 0. The summed E-state index contributed by atoms with van der Waals surface area (Å²) < 4.78 is 34.1. The molecular weight excluding hydrogens is 502 g/mol. The molecule has 0 fully saturated rings. The van der Waals surface area contributed by atoms with Gasteiger partial charge in [0.05, 0.1) is 19.2 Å². The molecule has 0 saturated heterocycles. The number of ether oxygens (including phenoxy) is 2. The maximum atomic E-state index is 13.6. The fraction of sp³-hybridized carbons (Fsp3) is 0.258. The number of benzene rings is 3. The molecule has 0 N–H and O–H groups in total. The second kappa shape index (κ2) is 11.6. The Balaban J connectivity index is 1.65. The summed E-state index contributed by atoms with van der Waals surface area (Å²) in [5.74, 6) is 0.0990. The number of nitrogens with zero attached hydrogens (tertiary/aromatic N) is 2. The van der Waals surface area contributed by atoms with Gasteiger partial charge in [-0.3, -0.25) is 9.69 Å². The minimum Gasteiger partial charge on any atom is -0.465 e. The molecular formula is C31H30F2N2O4. The molecule has 0 aliphatic carbocycles. The Morgan fingerprint density at radius 1 is 0.923 bits per heavy atom. The molecule has 0 aliphatic heterocycles. The second-order valence-electron chi connectivity index (χ2n) is 10.4. The molecule has 3 aromatic carbocycles. The Hall–Kier alpha value is -4.33. The zero-order chi connectivity index (χ0) is 28.2. The summed E-state index contributed by atoms with van der Waals surface area (Å²) in [6, 6.07) is 21.1. The Bertz CT molecular complexity index is 1460. The molecule has 0 aliphatic rings. The maximum absolute atomic E-state index is 13.6. The van der Waals surface area contributed by atoms with Crippen LogP contribution in [0.2, 0.25) is 0 Å². The van der Waals surface area contributed by atoms with Gasteiger partial charge in [0.2, 0.25) is 5.91 Å². The number of halogens is 2. The van der Waals surface area contributed by atoms with E-state index in [1.807, 2.05) is 45.0 Å². The number of pyridine rings is 1. The second-order valence-corrected chi connectivity index (χ2v) is 10.4. The molecule has 0 atom stereocenters. The quantitative estimate of drug-likeness (QED) is 0.224. The van der Waals surface area contributed by atoms with Gasteiger partial charge in [0.1, 0.15) is 11.6 Å². The first kappa shape index (κ1) is 27.7. The normalized spacial score (nSPS) is 11.5. The van der Waals surface area contributed by atoms with Crippen molar-refractivity contribution in [1.82, 2.24) is 4.98 Å². The molecule has 4 rings (SSSR count). The van der Waals surface area contributed by atoms with Crippen LogP contribution < -0.4 is 9.64 Å². The van der Waals surface area contributed by atoms with Crippen molar-refractivity contribution in [3.05, 3.63) is 90.1 Å². The number of esters is 1. The molecule has 1 amide bonds. The molecule has 1 aromatic heterocycles.